The second-order valence-electron chi connectivity index (χ2n) is 8.90. The maximum Gasteiger partial charge on any atom is 0.433 e. The van der Waals surface area contributed by atoms with E-state index in [0.717, 1.165) is 18.3 Å². The van der Waals surface area contributed by atoms with Gasteiger partial charge in [-0.3, -0.25) is 14.6 Å². The predicted octanol–water partition coefficient (Wildman–Crippen LogP) is 4.61. The molecule has 35 heavy (non-hydrogen) atoms. The third-order valence-corrected chi connectivity index (χ3v) is 6.92. The molecule has 3 aliphatic carbocycles. The second-order valence-corrected chi connectivity index (χ2v) is 9.31. The zero-order valence-corrected chi connectivity index (χ0v) is 19.0. The molecule has 2 bridgehead atoms. The van der Waals surface area contributed by atoms with Crippen molar-refractivity contribution in [1.82, 2.24) is 15.6 Å². The fraction of sp³-hybridized carbons (Fsp3) is 0.435. The molecule has 6 nitrogen and oxygen atoms in total. The summed E-state index contributed by atoms with van der Waals surface area (Å²) in [5, 5.41) is 5.39. The molecule has 3 aliphatic rings. The Balaban J connectivity index is 1.34. The summed E-state index contributed by atoms with van der Waals surface area (Å²) < 4.78 is 72.1. The van der Waals surface area contributed by atoms with Crippen LogP contribution >= 0.6 is 11.6 Å². The molecule has 3 fully saturated rings. The molecule has 0 radical (unpaired) electrons. The fourth-order valence-corrected chi connectivity index (χ4v) is 4.77. The van der Waals surface area contributed by atoms with Crippen molar-refractivity contribution in [2.45, 2.75) is 55.5 Å². The van der Waals surface area contributed by atoms with Gasteiger partial charge in [-0.2, -0.15) is 13.2 Å². The number of hydrogen-bond acceptors (Lipinski definition) is 4. The predicted molar refractivity (Wildman–Crippen MR) is 115 cm³/mol. The fourth-order valence-electron chi connectivity index (χ4n) is 4.65. The molecule has 0 spiro atoms. The van der Waals surface area contributed by atoms with Crippen LogP contribution in [0.25, 0.3) is 0 Å². The van der Waals surface area contributed by atoms with E-state index in [2.05, 4.69) is 15.6 Å². The van der Waals surface area contributed by atoms with E-state index in [-0.39, 0.29) is 35.6 Å². The van der Waals surface area contributed by atoms with Crippen LogP contribution in [0.5, 0.6) is 5.75 Å². The van der Waals surface area contributed by atoms with Crippen LogP contribution in [0.1, 0.15) is 48.2 Å². The summed E-state index contributed by atoms with van der Waals surface area (Å²) in [6.45, 7) is -0.400. The van der Waals surface area contributed by atoms with Crippen molar-refractivity contribution in [3.8, 4) is 5.75 Å². The van der Waals surface area contributed by atoms with Gasteiger partial charge in [-0.15, -0.1) is 0 Å². The van der Waals surface area contributed by atoms with Gasteiger partial charge in [0, 0.05) is 24.2 Å². The van der Waals surface area contributed by atoms with Crippen molar-refractivity contribution in [1.29, 1.82) is 0 Å². The van der Waals surface area contributed by atoms with Gasteiger partial charge in [0.05, 0.1) is 16.1 Å². The summed E-state index contributed by atoms with van der Waals surface area (Å²) in [4.78, 5) is 28.3. The Kier molecular flexibility index (Phi) is 6.65. The highest BCUT2D eigenvalue weighted by molar-refractivity contribution is 6.30. The minimum atomic E-state index is -4.63. The number of hydrogen-bond donors (Lipinski definition) is 2. The number of amides is 2. The maximum atomic E-state index is 15.2. The third kappa shape index (κ3) is 5.34. The van der Waals surface area contributed by atoms with E-state index in [0.29, 0.717) is 18.9 Å². The monoisotopic (exact) mass is 517 g/mol. The zero-order chi connectivity index (χ0) is 25.4. The maximum absolute atomic E-state index is 15.2. The average molecular weight is 518 g/mol. The van der Waals surface area contributed by atoms with Crippen molar-refractivity contribution in [3.05, 3.63) is 58.6 Å². The summed E-state index contributed by atoms with van der Waals surface area (Å²) in [5.74, 6) is -1.78. The van der Waals surface area contributed by atoms with Crippen LogP contribution in [-0.4, -0.2) is 40.7 Å². The number of nitrogens with zero attached hydrogens (tertiary/aromatic N) is 1. The van der Waals surface area contributed by atoms with Crippen LogP contribution in [0.15, 0.2) is 36.5 Å². The van der Waals surface area contributed by atoms with Crippen LogP contribution in [0.4, 0.5) is 22.0 Å². The highest BCUT2D eigenvalue weighted by Crippen LogP contribution is 2.48. The average Bonchev–Trinajstić information content (AvgIpc) is 2.80. The smallest absolute Gasteiger partial charge is 0.433 e. The Morgan fingerprint density at radius 2 is 1.83 bits per heavy atom. The lowest BCUT2D eigenvalue weighted by molar-refractivity contribution is -0.141. The number of halogens is 6. The van der Waals surface area contributed by atoms with E-state index in [9.17, 15) is 27.2 Å². The number of aromatic nitrogens is 1. The van der Waals surface area contributed by atoms with Gasteiger partial charge in [0.25, 0.3) is 11.8 Å². The Labute approximate surface area is 202 Å². The van der Waals surface area contributed by atoms with E-state index < -0.39 is 53.4 Å². The molecular weight excluding hydrogens is 497 g/mol. The number of benzene rings is 1. The number of rotatable bonds is 6. The Morgan fingerprint density at radius 1 is 1.11 bits per heavy atom. The number of carbonyl (C=O) groups excluding carboxylic acids is 2. The molecule has 2 aromatic rings. The molecule has 1 atom stereocenters. The van der Waals surface area contributed by atoms with Crippen molar-refractivity contribution in [2.24, 2.45) is 0 Å². The largest absolute Gasteiger partial charge is 0.484 e. The van der Waals surface area contributed by atoms with Gasteiger partial charge in [0.15, 0.2) is 6.61 Å². The highest BCUT2D eigenvalue weighted by Gasteiger charge is 2.56. The van der Waals surface area contributed by atoms with Crippen molar-refractivity contribution < 1.29 is 36.3 Å². The molecule has 2 amide bonds. The number of nitrogens with one attached hydrogen (secondary N) is 2. The van der Waals surface area contributed by atoms with Gasteiger partial charge in [0.1, 0.15) is 23.4 Å². The van der Waals surface area contributed by atoms with E-state index in [1.165, 1.54) is 12.1 Å². The first-order valence-electron chi connectivity index (χ1n) is 10.8. The third-order valence-electron chi connectivity index (χ3n) is 6.61. The first kappa shape index (κ1) is 25.2. The molecule has 1 aromatic heterocycles. The van der Waals surface area contributed by atoms with Gasteiger partial charge < -0.3 is 15.4 Å². The number of pyridine rings is 1. The van der Waals surface area contributed by atoms with Crippen LogP contribution in [0.3, 0.4) is 0 Å². The van der Waals surface area contributed by atoms with Crippen LogP contribution < -0.4 is 15.4 Å². The summed E-state index contributed by atoms with van der Waals surface area (Å²) >= 11 is 5.61. The van der Waals surface area contributed by atoms with Crippen molar-refractivity contribution in [3.63, 3.8) is 0 Å². The number of ether oxygens (including phenoxy) is 1. The van der Waals surface area contributed by atoms with Crippen molar-refractivity contribution in [2.75, 3.05) is 6.61 Å². The Hall–Kier alpha value is -2.95. The van der Waals surface area contributed by atoms with E-state index in [1.54, 1.807) is 0 Å². The quantitative estimate of drug-likeness (QED) is 0.548. The molecule has 188 valence electrons. The molecule has 5 rings (SSSR count). The van der Waals surface area contributed by atoms with Gasteiger partial charge in [-0.1, -0.05) is 11.6 Å². The minimum absolute atomic E-state index is 0.0418. The van der Waals surface area contributed by atoms with E-state index in [4.69, 9.17) is 16.3 Å². The molecule has 0 saturated heterocycles. The molecular formula is C23H21ClF5N3O3. The van der Waals surface area contributed by atoms with E-state index in [1.807, 2.05) is 0 Å². The molecule has 3 saturated carbocycles. The van der Waals surface area contributed by atoms with Crippen LogP contribution in [0.2, 0.25) is 5.02 Å². The molecule has 1 unspecified atom stereocenters. The van der Waals surface area contributed by atoms with Gasteiger partial charge >= 0.3 is 6.18 Å². The lowest BCUT2D eigenvalue weighted by atomic mass is 9.60. The molecule has 1 aromatic carbocycles. The van der Waals surface area contributed by atoms with E-state index >= 15 is 4.39 Å². The number of carbonyl (C=O) groups is 2. The highest BCUT2D eigenvalue weighted by atomic mass is 35.5. The lowest BCUT2D eigenvalue weighted by Crippen LogP contribution is -2.69. The minimum Gasteiger partial charge on any atom is -0.484 e. The number of fused-ring (bicyclic) bond motifs is 3. The SMILES string of the molecule is O=C(COc1ccc(Cl)c(F)c1)NC12CCC(NC(=O)c3ccc(C(F)(F)F)nc3)(CC1)C(F)C2. The second kappa shape index (κ2) is 9.25. The normalized spacial score (nSPS) is 25.7. The van der Waals surface area contributed by atoms with Gasteiger partial charge in [-0.25, -0.2) is 8.78 Å². The Morgan fingerprint density at radius 3 is 2.40 bits per heavy atom. The first-order chi connectivity index (χ1) is 16.4. The topological polar surface area (TPSA) is 80.3 Å². The van der Waals surface area contributed by atoms with Gasteiger partial charge in [0.2, 0.25) is 0 Å². The van der Waals surface area contributed by atoms with Crippen LogP contribution in [0, 0.1) is 5.82 Å². The first-order valence-corrected chi connectivity index (χ1v) is 11.2. The summed E-state index contributed by atoms with van der Waals surface area (Å²) in [5.41, 5.74) is -3.22. The number of alkyl halides is 4. The zero-order valence-electron chi connectivity index (χ0n) is 18.2. The molecule has 0 aliphatic heterocycles. The standard InChI is InChI=1S/C23H21ClF5N3O3/c24-15-3-2-14(9-16(15)25)35-12-19(33)31-21-5-7-22(8-6-21,17(26)10-21)32-20(34)13-1-4-18(30-11-13)23(27,28)29/h1-4,9,11,17H,5-8,10,12H2,(H,31,33)(H,32,34). The summed E-state index contributed by atoms with van der Waals surface area (Å²) in [6, 6.07) is 5.46. The summed E-state index contributed by atoms with van der Waals surface area (Å²) in [7, 11) is 0. The summed E-state index contributed by atoms with van der Waals surface area (Å²) in [6.07, 6.45) is -4.10. The Bertz CT molecular complexity index is 1120. The van der Waals surface area contributed by atoms with Crippen LogP contribution in [-0.2, 0) is 11.0 Å². The molecule has 12 heteroatoms. The lowest BCUT2D eigenvalue weighted by Gasteiger charge is -2.55. The molecule has 1 heterocycles. The van der Waals surface area contributed by atoms with Gasteiger partial charge in [-0.05, 0) is 49.9 Å². The molecule has 2 N–H and O–H groups in total. The van der Waals surface area contributed by atoms with Crippen molar-refractivity contribution >= 4 is 23.4 Å².